The van der Waals surface area contributed by atoms with E-state index in [2.05, 4.69) is 46.8 Å². The summed E-state index contributed by atoms with van der Waals surface area (Å²) in [5, 5.41) is 0. The molecule has 0 aliphatic carbocycles. The van der Waals surface area contributed by atoms with Crippen molar-refractivity contribution >= 4 is 11.9 Å². The van der Waals surface area contributed by atoms with Gasteiger partial charge in [0.1, 0.15) is 0 Å². The maximum atomic E-state index is 12.7. The van der Waals surface area contributed by atoms with E-state index in [0.717, 1.165) is 70.1 Å². The molecule has 1 aromatic heterocycles. The van der Waals surface area contributed by atoms with Gasteiger partial charge in [0.05, 0.1) is 18.1 Å². The summed E-state index contributed by atoms with van der Waals surface area (Å²) < 4.78 is 16.3. The highest BCUT2D eigenvalue weighted by molar-refractivity contribution is 5.94. The molecule has 2 unspecified atom stereocenters. The highest BCUT2D eigenvalue weighted by Crippen LogP contribution is 2.30. The molecule has 0 amide bonds. The highest BCUT2D eigenvalue weighted by Gasteiger charge is 2.30. The number of hydrogen-bond donors (Lipinski definition) is 0. The Bertz CT molecular complexity index is 1180. The Morgan fingerprint density at radius 3 is 2.10 bits per heavy atom. The lowest BCUT2D eigenvalue weighted by molar-refractivity contribution is -0.140. The van der Waals surface area contributed by atoms with E-state index in [1.165, 1.54) is 87.3 Å². The van der Waals surface area contributed by atoms with Crippen molar-refractivity contribution in [1.29, 1.82) is 0 Å². The number of allylic oxidation sites excluding steroid dienone is 5. The van der Waals surface area contributed by atoms with Crippen LogP contribution in [0.25, 0.3) is 0 Å². The Kier molecular flexibility index (Phi) is 22.5. The number of furan rings is 1. The molecule has 5 nitrogen and oxygen atoms in total. The third-order valence-corrected chi connectivity index (χ3v) is 9.87. The molecule has 2 atom stereocenters. The van der Waals surface area contributed by atoms with Gasteiger partial charge in [0, 0.05) is 6.42 Å². The smallest absolute Gasteiger partial charge is 0.343 e. The molecule has 0 saturated carbocycles. The van der Waals surface area contributed by atoms with E-state index in [1.807, 2.05) is 18.4 Å². The van der Waals surface area contributed by atoms with Gasteiger partial charge in [-0.25, -0.2) is 4.79 Å². The second-order valence-corrected chi connectivity index (χ2v) is 14.8. The normalized spacial score (nSPS) is 16.0. The first kappa shape index (κ1) is 42.3. The molecule has 5 heteroatoms. The average molecular weight is 679 g/mol. The minimum atomic E-state index is -0.424. The minimum Gasteiger partial charge on any atom is -0.472 e. The number of ether oxygens (including phenoxy) is 2. The Labute approximate surface area is 300 Å². The zero-order chi connectivity index (χ0) is 35.7. The number of aryl methyl sites for hydroxylation is 1. The molecule has 49 heavy (non-hydrogen) atoms. The van der Waals surface area contributed by atoms with Crippen LogP contribution < -0.4 is 0 Å². The van der Waals surface area contributed by atoms with Crippen LogP contribution in [0.1, 0.15) is 182 Å². The molecule has 2 heterocycles. The van der Waals surface area contributed by atoms with Crippen LogP contribution in [0.5, 0.6) is 0 Å². The SMILES string of the molecule is CCCCCCCC(C)CCCCCCCCCC(=O)OC1=C(C)C(=O)OC1=CC(C)CCCC(C)=CCCC(C)=CCCc1ccoc1. The van der Waals surface area contributed by atoms with E-state index in [4.69, 9.17) is 13.9 Å². The summed E-state index contributed by atoms with van der Waals surface area (Å²) in [6.07, 6.45) is 35.7. The Morgan fingerprint density at radius 1 is 0.796 bits per heavy atom. The monoisotopic (exact) mass is 679 g/mol. The van der Waals surface area contributed by atoms with Gasteiger partial charge in [0.25, 0.3) is 0 Å². The number of esters is 2. The maximum absolute atomic E-state index is 12.7. The molecule has 1 aromatic rings. The standard InChI is InChI=1S/C44H70O5/c1-7-8-9-13-16-22-35(2)23-17-14-11-10-12-15-18-30-42(45)49-43-39(6)44(46)48-41(43)33-38(5)28-20-26-36(3)24-19-25-37(4)27-21-29-40-31-32-47-34-40/h24,27,31-35,38H,7-23,25-26,28-30H2,1-6H3. The quantitative estimate of drug-likeness (QED) is 0.0501. The summed E-state index contributed by atoms with van der Waals surface area (Å²) in [5.41, 5.74) is 4.47. The van der Waals surface area contributed by atoms with Gasteiger partial charge in [0.15, 0.2) is 11.5 Å². The van der Waals surface area contributed by atoms with E-state index in [0.29, 0.717) is 23.5 Å². The van der Waals surface area contributed by atoms with Crippen LogP contribution in [0.3, 0.4) is 0 Å². The fraction of sp³-hybridized carbons (Fsp3) is 0.682. The molecule has 0 N–H and O–H groups in total. The van der Waals surface area contributed by atoms with E-state index in [1.54, 1.807) is 13.2 Å². The van der Waals surface area contributed by atoms with Crippen molar-refractivity contribution in [2.75, 3.05) is 0 Å². The van der Waals surface area contributed by atoms with Crippen LogP contribution in [0.4, 0.5) is 0 Å². The Balaban J connectivity index is 1.58. The van der Waals surface area contributed by atoms with Crippen molar-refractivity contribution in [1.82, 2.24) is 0 Å². The number of carbonyl (C=O) groups is 2. The van der Waals surface area contributed by atoms with Crippen LogP contribution in [-0.4, -0.2) is 11.9 Å². The van der Waals surface area contributed by atoms with Gasteiger partial charge < -0.3 is 13.9 Å². The summed E-state index contributed by atoms with van der Waals surface area (Å²) in [5.74, 6) is 1.07. The third kappa shape index (κ3) is 19.8. The lowest BCUT2D eigenvalue weighted by atomic mass is 9.96. The van der Waals surface area contributed by atoms with Gasteiger partial charge in [-0.3, -0.25) is 4.79 Å². The molecule has 0 bridgehead atoms. The molecule has 0 spiro atoms. The van der Waals surface area contributed by atoms with Gasteiger partial charge in [-0.15, -0.1) is 0 Å². The summed E-state index contributed by atoms with van der Waals surface area (Å²) in [7, 11) is 0. The molecule has 2 rings (SSSR count). The van der Waals surface area contributed by atoms with Gasteiger partial charge in [-0.05, 0) is 102 Å². The summed E-state index contributed by atoms with van der Waals surface area (Å²) in [4.78, 5) is 25.0. The van der Waals surface area contributed by atoms with Crippen molar-refractivity contribution in [3.63, 3.8) is 0 Å². The number of cyclic esters (lactones) is 1. The molecular weight excluding hydrogens is 608 g/mol. The Hall–Kier alpha value is -2.82. The fourth-order valence-corrected chi connectivity index (χ4v) is 6.50. The van der Waals surface area contributed by atoms with Crippen molar-refractivity contribution < 1.29 is 23.5 Å². The number of carbonyl (C=O) groups excluding carboxylic acids is 2. The molecule has 0 fully saturated rings. The van der Waals surface area contributed by atoms with E-state index in [-0.39, 0.29) is 11.9 Å². The molecule has 1 aliphatic rings. The first-order valence-electron chi connectivity index (χ1n) is 19.9. The van der Waals surface area contributed by atoms with E-state index in [9.17, 15) is 9.59 Å². The van der Waals surface area contributed by atoms with Crippen molar-refractivity contribution in [3.8, 4) is 0 Å². The van der Waals surface area contributed by atoms with Crippen molar-refractivity contribution in [2.45, 2.75) is 183 Å². The Morgan fingerprint density at radius 2 is 1.43 bits per heavy atom. The highest BCUT2D eigenvalue weighted by atomic mass is 16.6. The molecule has 0 saturated heterocycles. The van der Waals surface area contributed by atoms with Crippen LogP contribution >= 0.6 is 0 Å². The van der Waals surface area contributed by atoms with Gasteiger partial charge in [-0.2, -0.15) is 0 Å². The molecule has 1 aliphatic heterocycles. The molecule has 0 aromatic carbocycles. The summed E-state index contributed by atoms with van der Waals surface area (Å²) in [6.45, 7) is 12.9. The first-order valence-corrected chi connectivity index (χ1v) is 19.9. The van der Waals surface area contributed by atoms with Gasteiger partial charge in [0.2, 0.25) is 0 Å². The van der Waals surface area contributed by atoms with Crippen LogP contribution in [-0.2, 0) is 25.5 Å². The topological polar surface area (TPSA) is 65.7 Å². The average Bonchev–Trinajstić information content (AvgIpc) is 3.67. The van der Waals surface area contributed by atoms with Gasteiger partial charge in [-0.1, -0.05) is 128 Å². The summed E-state index contributed by atoms with van der Waals surface area (Å²) in [6, 6.07) is 2.03. The second-order valence-electron chi connectivity index (χ2n) is 14.8. The van der Waals surface area contributed by atoms with E-state index < -0.39 is 5.97 Å². The third-order valence-electron chi connectivity index (χ3n) is 9.87. The van der Waals surface area contributed by atoms with E-state index >= 15 is 0 Å². The molecule has 276 valence electrons. The number of rotatable bonds is 28. The van der Waals surface area contributed by atoms with Crippen LogP contribution in [0, 0.1) is 11.8 Å². The summed E-state index contributed by atoms with van der Waals surface area (Å²) >= 11 is 0. The molecular formula is C44H70O5. The zero-order valence-corrected chi connectivity index (χ0v) is 32.2. The van der Waals surface area contributed by atoms with Gasteiger partial charge >= 0.3 is 11.9 Å². The predicted molar refractivity (Wildman–Crippen MR) is 204 cm³/mol. The largest absolute Gasteiger partial charge is 0.472 e. The lowest BCUT2D eigenvalue weighted by Crippen LogP contribution is -2.06. The number of hydrogen-bond acceptors (Lipinski definition) is 5. The predicted octanol–water partition coefficient (Wildman–Crippen LogP) is 13.5. The van der Waals surface area contributed by atoms with Crippen LogP contribution in [0.15, 0.2) is 69.5 Å². The van der Waals surface area contributed by atoms with Crippen molar-refractivity contribution in [2.24, 2.45) is 11.8 Å². The minimum absolute atomic E-state index is 0.203. The van der Waals surface area contributed by atoms with Crippen molar-refractivity contribution in [3.05, 3.63) is 70.6 Å². The maximum Gasteiger partial charge on any atom is 0.343 e. The molecule has 0 radical (unpaired) electrons. The fourth-order valence-electron chi connectivity index (χ4n) is 6.50. The zero-order valence-electron chi connectivity index (χ0n) is 32.2. The second kappa shape index (κ2) is 26.1. The first-order chi connectivity index (χ1) is 23.7. The van der Waals surface area contributed by atoms with Crippen LogP contribution in [0.2, 0.25) is 0 Å². The lowest BCUT2D eigenvalue weighted by Gasteiger charge is -2.11. The number of unbranched alkanes of at least 4 members (excludes halogenated alkanes) is 10.